The van der Waals surface area contributed by atoms with Gasteiger partial charge in [0, 0.05) is 6.61 Å². The number of hydrogen-bond acceptors (Lipinski definition) is 3. The number of aliphatic carboxylic acids is 1. The number of ether oxygens (including phenoxy) is 2. The minimum atomic E-state index is -0.643. The van der Waals surface area contributed by atoms with Crippen LogP contribution in [0.3, 0.4) is 0 Å². The molecule has 1 fully saturated rings. The number of carbonyl (C=O) groups is 1. The fraction of sp³-hybridized carbons (Fsp3) is 0.960. The van der Waals surface area contributed by atoms with Crippen molar-refractivity contribution in [2.45, 2.75) is 130 Å². The highest BCUT2D eigenvalue weighted by atomic mass is 16.7. The highest BCUT2D eigenvalue weighted by molar-refractivity contribution is 5.74. The maximum atomic E-state index is 11.5. The summed E-state index contributed by atoms with van der Waals surface area (Å²) in [4.78, 5) is 11.5. The third-order valence-electron chi connectivity index (χ3n) is 6.62. The van der Waals surface area contributed by atoms with E-state index in [1.165, 1.54) is 57.8 Å². The first-order valence-corrected chi connectivity index (χ1v) is 12.2. The van der Waals surface area contributed by atoms with Crippen molar-refractivity contribution in [1.29, 1.82) is 0 Å². The average Bonchev–Trinajstić information content (AvgIpc) is 2.67. The summed E-state index contributed by atoms with van der Waals surface area (Å²) in [6.07, 6.45) is 17.3. The average molecular weight is 413 g/mol. The van der Waals surface area contributed by atoms with Gasteiger partial charge in [-0.25, -0.2) is 0 Å². The summed E-state index contributed by atoms with van der Waals surface area (Å²) in [6.45, 7) is 10.1. The Labute approximate surface area is 180 Å². The normalized spacial score (nSPS) is 22.7. The first-order chi connectivity index (χ1) is 13.8. The molecule has 0 saturated heterocycles. The van der Waals surface area contributed by atoms with Crippen molar-refractivity contribution in [3.63, 3.8) is 0 Å². The first kappa shape index (κ1) is 26.4. The smallest absolute Gasteiger partial charge is 0.309 e. The molecule has 1 N–H and O–H groups in total. The van der Waals surface area contributed by atoms with Gasteiger partial charge in [-0.2, -0.15) is 0 Å². The van der Waals surface area contributed by atoms with Crippen LogP contribution >= 0.6 is 0 Å². The second-order valence-electron chi connectivity index (χ2n) is 10.3. The molecule has 0 spiro atoms. The van der Waals surface area contributed by atoms with Crippen molar-refractivity contribution in [2.75, 3.05) is 13.4 Å². The van der Waals surface area contributed by atoms with Gasteiger partial charge in [0.05, 0.1) is 11.5 Å². The van der Waals surface area contributed by atoms with Gasteiger partial charge < -0.3 is 14.6 Å². The Bertz CT molecular complexity index is 419. The Kier molecular flexibility index (Phi) is 13.1. The Morgan fingerprint density at radius 2 is 1.45 bits per heavy atom. The lowest BCUT2D eigenvalue weighted by atomic mass is 9.71. The van der Waals surface area contributed by atoms with Gasteiger partial charge in [0.2, 0.25) is 0 Å². The van der Waals surface area contributed by atoms with Crippen LogP contribution in [0.25, 0.3) is 0 Å². The molecule has 0 aromatic carbocycles. The standard InChI is InChI=1S/C25H48O4/c1-5-25(23(26)27)18-15-22(16-19-25)29-21-28-20-14-12-10-8-6-7-9-11-13-17-24(2,3)4/h22H,5-21H2,1-4H3,(H,26,27). The van der Waals surface area contributed by atoms with E-state index in [2.05, 4.69) is 20.8 Å². The van der Waals surface area contributed by atoms with Gasteiger partial charge in [0.15, 0.2) is 0 Å². The summed E-state index contributed by atoms with van der Waals surface area (Å²) >= 11 is 0. The molecule has 1 rings (SSSR count). The van der Waals surface area contributed by atoms with E-state index in [1.807, 2.05) is 6.92 Å². The van der Waals surface area contributed by atoms with Crippen LogP contribution in [-0.2, 0) is 14.3 Å². The summed E-state index contributed by atoms with van der Waals surface area (Å²) in [5.74, 6) is -0.643. The molecular formula is C25H48O4. The van der Waals surface area contributed by atoms with Crippen LogP contribution in [-0.4, -0.2) is 30.6 Å². The summed E-state index contributed by atoms with van der Waals surface area (Å²) < 4.78 is 11.4. The third-order valence-corrected chi connectivity index (χ3v) is 6.62. The van der Waals surface area contributed by atoms with Gasteiger partial charge in [0.1, 0.15) is 6.79 Å². The lowest BCUT2D eigenvalue weighted by molar-refractivity contribution is -0.156. The number of carboxylic acids is 1. The molecule has 0 bridgehead atoms. The SMILES string of the molecule is CCC1(C(=O)O)CCC(OCOCCCCCCCCCCCC(C)(C)C)CC1. The van der Waals surface area contributed by atoms with Crippen LogP contribution in [0, 0.1) is 10.8 Å². The highest BCUT2D eigenvalue weighted by Crippen LogP contribution is 2.40. The Balaban J connectivity index is 1.85. The van der Waals surface area contributed by atoms with Gasteiger partial charge in [-0.15, -0.1) is 0 Å². The Morgan fingerprint density at radius 1 is 0.931 bits per heavy atom. The number of rotatable bonds is 16. The molecule has 0 radical (unpaired) electrons. The zero-order valence-corrected chi connectivity index (χ0v) is 19.8. The van der Waals surface area contributed by atoms with Crippen LogP contribution in [0.5, 0.6) is 0 Å². The molecule has 0 aromatic rings. The van der Waals surface area contributed by atoms with Crippen molar-refractivity contribution in [3.05, 3.63) is 0 Å². The molecule has 29 heavy (non-hydrogen) atoms. The second-order valence-corrected chi connectivity index (χ2v) is 10.3. The van der Waals surface area contributed by atoms with Crippen LogP contribution in [0.1, 0.15) is 124 Å². The van der Waals surface area contributed by atoms with E-state index >= 15 is 0 Å². The zero-order chi connectivity index (χ0) is 21.6. The van der Waals surface area contributed by atoms with Crippen LogP contribution in [0.4, 0.5) is 0 Å². The monoisotopic (exact) mass is 412 g/mol. The van der Waals surface area contributed by atoms with Gasteiger partial charge in [-0.3, -0.25) is 4.79 Å². The molecule has 0 heterocycles. The largest absolute Gasteiger partial charge is 0.481 e. The van der Waals surface area contributed by atoms with E-state index in [0.717, 1.165) is 38.7 Å². The lowest BCUT2D eigenvalue weighted by Crippen LogP contribution is -2.37. The maximum Gasteiger partial charge on any atom is 0.309 e. The quantitative estimate of drug-likeness (QED) is 0.213. The fourth-order valence-electron chi connectivity index (χ4n) is 4.33. The fourth-order valence-corrected chi connectivity index (χ4v) is 4.33. The Hall–Kier alpha value is -0.610. The predicted octanol–water partition coefficient (Wildman–Crippen LogP) is 7.35. The molecule has 0 amide bonds. The minimum absolute atomic E-state index is 0.164. The molecule has 0 unspecified atom stereocenters. The van der Waals surface area contributed by atoms with E-state index in [4.69, 9.17) is 9.47 Å². The van der Waals surface area contributed by atoms with Gasteiger partial charge in [-0.05, 0) is 50.4 Å². The van der Waals surface area contributed by atoms with Gasteiger partial charge >= 0.3 is 5.97 Å². The van der Waals surface area contributed by atoms with Crippen LogP contribution < -0.4 is 0 Å². The van der Waals surface area contributed by atoms with E-state index in [1.54, 1.807) is 0 Å². The molecule has 1 saturated carbocycles. The molecule has 0 aromatic heterocycles. The molecule has 0 atom stereocenters. The molecule has 4 heteroatoms. The van der Waals surface area contributed by atoms with Crippen LogP contribution in [0.15, 0.2) is 0 Å². The molecule has 4 nitrogen and oxygen atoms in total. The number of unbranched alkanes of at least 4 members (excludes halogenated alkanes) is 8. The van der Waals surface area contributed by atoms with E-state index < -0.39 is 11.4 Å². The lowest BCUT2D eigenvalue weighted by Gasteiger charge is -2.35. The number of hydrogen-bond donors (Lipinski definition) is 1. The van der Waals surface area contributed by atoms with E-state index in [9.17, 15) is 9.90 Å². The summed E-state index contributed by atoms with van der Waals surface area (Å²) in [5, 5.41) is 9.43. The van der Waals surface area contributed by atoms with Gasteiger partial charge in [0.25, 0.3) is 0 Å². The molecule has 1 aliphatic rings. The van der Waals surface area contributed by atoms with E-state index in [-0.39, 0.29) is 6.10 Å². The predicted molar refractivity (Wildman–Crippen MR) is 120 cm³/mol. The topological polar surface area (TPSA) is 55.8 Å². The van der Waals surface area contributed by atoms with Crippen molar-refractivity contribution in [3.8, 4) is 0 Å². The number of carboxylic acid groups (broad SMARTS) is 1. The summed E-state index contributed by atoms with van der Waals surface area (Å²) in [6, 6.07) is 0. The first-order valence-electron chi connectivity index (χ1n) is 12.2. The molecule has 0 aliphatic heterocycles. The maximum absolute atomic E-state index is 11.5. The zero-order valence-electron chi connectivity index (χ0n) is 19.8. The van der Waals surface area contributed by atoms with Crippen molar-refractivity contribution < 1.29 is 19.4 Å². The Morgan fingerprint density at radius 3 is 1.93 bits per heavy atom. The summed E-state index contributed by atoms with van der Waals surface area (Å²) in [5.41, 5.74) is -0.0298. The summed E-state index contributed by atoms with van der Waals surface area (Å²) in [7, 11) is 0. The van der Waals surface area contributed by atoms with Crippen molar-refractivity contribution in [2.24, 2.45) is 10.8 Å². The highest BCUT2D eigenvalue weighted by Gasteiger charge is 2.40. The van der Waals surface area contributed by atoms with E-state index in [0.29, 0.717) is 18.6 Å². The molecule has 1 aliphatic carbocycles. The van der Waals surface area contributed by atoms with Crippen LogP contribution in [0.2, 0.25) is 0 Å². The minimum Gasteiger partial charge on any atom is -0.481 e. The third kappa shape index (κ3) is 12.0. The molecule has 172 valence electrons. The van der Waals surface area contributed by atoms with Crippen molar-refractivity contribution in [1.82, 2.24) is 0 Å². The van der Waals surface area contributed by atoms with Crippen molar-refractivity contribution >= 4 is 5.97 Å². The second kappa shape index (κ2) is 14.4. The van der Waals surface area contributed by atoms with Gasteiger partial charge in [-0.1, -0.05) is 79.1 Å². The molecular weight excluding hydrogens is 364 g/mol.